The first-order valence-electron chi connectivity index (χ1n) is 9.09. The van der Waals surface area contributed by atoms with Crippen LogP contribution in [0.2, 0.25) is 0 Å². The molecule has 0 aliphatic carbocycles. The lowest BCUT2D eigenvalue weighted by atomic mass is 10.1. The SMILES string of the molecule is COc1cc(CC(=O)N2CCN(S(=O)(=O)c3cc(F)ccc3F)CC2)ccc1C. The van der Waals surface area contributed by atoms with Crippen LogP contribution in [0.1, 0.15) is 11.1 Å². The molecule has 29 heavy (non-hydrogen) atoms. The molecule has 0 saturated carbocycles. The second kappa shape index (κ2) is 8.46. The van der Waals surface area contributed by atoms with Crippen LogP contribution in [-0.2, 0) is 21.2 Å². The van der Waals surface area contributed by atoms with Gasteiger partial charge in [-0.15, -0.1) is 0 Å². The Labute approximate surface area is 168 Å². The highest BCUT2D eigenvalue weighted by Crippen LogP contribution is 2.23. The van der Waals surface area contributed by atoms with Crippen LogP contribution in [0.3, 0.4) is 0 Å². The number of sulfonamides is 1. The minimum atomic E-state index is -4.17. The number of hydrogen-bond acceptors (Lipinski definition) is 4. The van der Waals surface area contributed by atoms with Gasteiger partial charge in [-0.2, -0.15) is 4.31 Å². The molecule has 0 unspecified atom stereocenters. The lowest BCUT2D eigenvalue weighted by molar-refractivity contribution is -0.131. The van der Waals surface area contributed by atoms with Crippen molar-refractivity contribution in [2.75, 3.05) is 33.3 Å². The smallest absolute Gasteiger partial charge is 0.246 e. The average molecular weight is 424 g/mol. The minimum Gasteiger partial charge on any atom is -0.496 e. The molecule has 0 radical (unpaired) electrons. The first-order valence-corrected chi connectivity index (χ1v) is 10.5. The molecule has 1 aliphatic heterocycles. The molecule has 0 atom stereocenters. The van der Waals surface area contributed by atoms with Gasteiger partial charge in [-0.05, 0) is 42.3 Å². The van der Waals surface area contributed by atoms with Gasteiger partial charge in [0.2, 0.25) is 15.9 Å². The zero-order chi connectivity index (χ0) is 21.2. The molecule has 0 aromatic heterocycles. The zero-order valence-electron chi connectivity index (χ0n) is 16.2. The summed E-state index contributed by atoms with van der Waals surface area (Å²) < 4.78 is 58.9. The Morgan fingerprint density at radius 2 is 1.76 bits per heavy atom. The quantitative estimate of drug-likeness (QED) is 0.739. The molecule has 3 rings (SSSR count). The summed E-state index contributed by atoms with van der Waals surface area (Å²) in [5.74, 6) is -1.27. The van der Waals surface area contributed by atoms with E-state index in [0.29, 0.717) is 11.8 Å². The van der Waals surface area contributed by atoms with Crippen LogP contribution in [0.25, 0.3) is 0 Å². The van der Waals surface area contributed by atoms with Gasteiger partial charge >= 0.3 is 0 Å². The van der Waals surface area contributed by atoms with Gasteiger partial charge in [0.1, 0.15) is 22.3 Å². The fourth-order valence-corrected chi connectivity index (χ4v) is 4.75. The highest BCUT2D eigenvalue weighted by atomic mass is 32.2. The Bertz CT molecular complexity index is 1020. The lowest BCUT2D eigenvalue weighted by Crippen LogP contribution is -2.51. The molecule has 1 heterocycles. The molecule has 2 aromatic carbocycles. The number of carbonyl (C=O) groups excluding carboxylic acids is 1. The van der Waals surface area contributed by atoms with E-state index in [1.165, 1.54) is 0 Å². The summed E-state index contributed by atoms with van der Waals surface area (Å²) in [6.07, 6.45) is 0.169. The Kier molecular flexibility index (Phi) is 6.18. The molecule has 6 nitrogen and oxygen atoms in total. The maximum absolute atomic E-state index is 13.9. The topological polar surface area (TPSA) is 66.9 Å². The van der Waals surface area contributed by atoms with E-state index in [4.69, 9.17) is 4.74 Å². The van der Waals surface area contributed by atoms with Gasteiger partial charge in [0.05, 0.1) is 13.5 Å². The largest absolute Gasteiger partial charge is 0.496 e. The van der Waals surface area contributed by atoms with Crippen molar-refractivity contribution in [2.45, 2.75) is 18.2 Å². The first-order chi connectivity index (χ1) is 13.7. The lowest BCUT2D eigenvalue weighted by Gasteiger charge is -2.34. The number of nitrogens with zero attached hydrogens (tertiary/aromatic N) is 2. The molecule has 1 fully saturated rings. The Morgan fingerprint density at radius 3 is 2.41 bits per heavy atom. The van der Waals surface area contributed by atoms with Crippen LogP contribution in [0.5, 0.6) is 5.75 Å². The standard InChI is InChI=1S/C20H22F2N2O4S/c1-14-3-4-15(11-18(14)28-2)12-20(25)23-7-9-24(10-8-23)29(26,27)19-13-16(21)5-6-17(19)22/h3-6,11,13H,7-10,12H2,1-2H3. The summed E-state index contributed by atoms with van der Waals surface area (Å²) in [5, 5.41) is 0. The number of rotatable bonds is 5. The molecule has 156 valence electrons. The summed E-state index contributed by atoms with van der Waals surface area (Å²) in [6.45, 7) is 2.30. The monoisotopic (exact) mass is 424 g/mol. The van der Waals surface area contributed by atoms with Gasteiger partial charge in [0, 0.05) is 26.2 Å². The van der Waals surface area contributed by atoms with Gasteiger partial charge in [-0.25, -0.2) is 17.2 Å². The minimum absolute atomic E-state index is 0.0151. The number of benzene rings is 2. The van der Waals surface area contributed by atoms with Gasteiger partial charge < -0.3 is 9.64 Å². The van der Waals surface area contributed by atoms with Crippen molar-refractivity contribution in [1.82, 2.24) is 9.21 Å². The van der Waals surface area contributed by atoms with E-state index in [0.717, 1.165) is 27.6 Å². The van der Waals surface area contributed by atoms with E-state index >= 15 is 0 Å². The number of aryl methyl sites for hydroxylation is 1. The summed E-state index contributed by atoms with van der Waals surface area (Å²) in [5.41, 5.74) is 1.77. The van der Waals surface area contributed by atoms with Crippen LogP contribution in [0.15, 0.2) is 41.3 Å². The maximum atomic E-state index is 13.9. The number of methoxy groups -OCH3 is 1. The molecule has 1 amide bonds. The summed E-state index contributed by atoms with van der Waals surface area (Å²) >= 11 is 0. The van der Waals surface area contributed by atoms with Crippen LogP contribution in [-0.4, -0.2) is 56.8 Å². The van der Waals surface area contributed by atoms with E-state index in [9.17, 15) is 22.0 Å². The van der Waals surface area contributed by atoms with E-state index in [1.807, 2.05) is 19.1 Å². The second-order valence-corrected chi connectivity index (χ2v) is 8.75. The van der Waals surface area contributed by atoms with Gasteiger partial charge in [-0.3, -0.25) is 4.79 Å². The second-order valence-electron chi connectivity index (χ2n) is 6.84. The van der Waals surface area contributed by atoms with Crippen LogP contribution >= 0.6 is 0 Å². The molecule has 9 heteroatoms. The van der Waals surface area contributed by atoms with Crippen molar-refractivity contribution in [3.63, 3.8) is 0 Å². The fraction of sp³-hybridized carbons (Fsp3) is 0.350. The summed E-state index contributed by atoms with van der Waals surface area (Å²) in [6, 6.07) is 7.86. The van der Waals surface area contributed by atoms with Crippen molar-refractivity contribution < 1.29 is 26.7 Å². The molecule has 2 aromatic rings. The normalized spacial score (nSPS) is 15.4. The number of piperazine rings is 1. The molecule has 0 N–H and O–H groups in total. The van der Waals surface area contributed by atoms with E-state index in [2.05, 4.69) is 0 Å². The van der Waals surface area contributed by atoms with Crippen LogP contribution < -0.4 is 4.74 Å². The predicted molar refractivity (Wildman–Crippen MR) is 103 cm³/mol. The van der Waals surface area contributed by atoms with Crippen molar-refractivity contribution in [1.29, 1.82) is 0 Å². The van der Waals surface area contributed by atoms with Crippen LogP contribution in [0.4, 0.5) is 8.78 Å². The zero-order valence-corrected chi connectivity index (χ0v) is 17.0. The Balaban J connectivity index is 1.65. The third-order valence-electron chi connectivity index (χ3n) is 4.93. The molecule has 0 spiro atoms. The third kappa shape index (κ3) is 4.56. The van der Waals surface area contributed by atoms with E-state index < -0.39 is 26.6 Å². The van der Waals surface area contributed by atoms with Crippen molar-refractivity contribution in [2.24, 2.45) is 0 Å². The third-order valence-corrected chi connectivity index (χ3v) is 6.84. The van der Waals surface area contributed by atoms with Crippen molar-refractivity contribution in [3.05, 3.63) is 59.2 Å². The molecule has 1 saturated heterocycles. The number of ether oxygens (including phenoxy) is 1. The van der Waals surface area contributed by atoms with Gasteiger partial charge in [-0.1, -0.05) is 12.1 Å². The highest BCUT2D eigenvalue weighted by Gasteiger charge is 2.32. The van der Waals surface area contributed by atoms with Gasteiger partial charge in [0.15, 0.2) is 0 Å². The Morgan fingerprint density at radius 1 is 1.07 bits per heavy atom. The van der Waals surface area contributed by atoms with Gasteiger partial charge in [0.25, 0.3) is 0 Å². The number of halogens is 2. The summed E-state index contributed by atoms with van der Waals surface area (Å²) in [7, 11) is -2.61. The van der Waals surface area contributed by atoms with Crippen molar-refractivity contribution in [3.8, 4) is 5.75 Å². The average Bonchev–Trinajstić information content (AvgIpc) is 2.71. The Hall–Kier alpha value is -2.52. The predicted octanol–water partition coefficient (Wildman–Crippen LogP) is 2.36. The number of amides is 1. The molecule has 1 aliphatic rings. The molecular formula is C20H22F2N2O4S. The fourth-order valence-electron chi connectivity index (χ4n) is 3.25. The van der Waals surface area contributed by atoms with E-state index in [1.54, 1.807) is 18.1 Å². The number of carbonyl (C=O) groups is 1. The van der Waals surface area contributed by atoms with E-state index in [-0.39, 0.29) is 38.5 Å². The maximum Gasteiger partial charge on any atom is 0.246 e. The molecule has 0 bridgehead atoms. The highest BCUT2D eigenvalue weighted by molar-refractivity contribution is 7.89. The summed E-state index contributed by atoms with van der Waals surface area (Å²) in [4.78, 5) is 13.5. The number of hydrogen-bond donors (Lipinski definition) is 0. The van der Waals surface area contributed by atoms with Crippen LogP contribution in [0, 0.1) is 18.6 Å². The molecular weight excluding hydrogens is 402 g/mol. The first kappa shape index (κ1) is 21.2. The van der Waals surface area contributed by atoms with Crippen molar-refractivity contribution >= 4 is 15.9 Å².